The van der Waals surface area contributed by atoms with Gasteiger partial charge in [0.25, 0.3) is 0 Å². The first-order valence-corrected chi connectivity index (χ1v) is 9.72. The monoisotopic (exact) mass is 421 g/mol. The molecule has 0 radical (unpaired) electrons. The number of rotatable bonds is 9. The number of nitrogens with zero attached hydrogens (tertiary/aromatic N) is 3. The van der Waals surface area contributed by atoms with Crippen LogP contribution in [0.3, 0.4) is 0 Å². The van der Waals surface area contributed by atoms with E-state index in [9.17, 15) is 9.90 Å². The molecule has 31 heavy (non-hydrogen) atoms. The van der Waals surface area contributed by atoms with Crippen LogP contribution in [0.25, 0.3) is 5.57 Å². The van der Waals surface area contributed by atoms with Crippen molar-refractivity contribution in [3.63, 3.8) is 0 Å². The van der Waals surface area contributed by atoms with Gasteiger partial charge in [0.1, 0.15) is 23.4 Å². The number of aliphatic carboxylic acids is 1. The van der Waals surface area contributed by atoms with E-state index in [1.807, 2.05) is 24.3 Å². The number of aromatic nitrogens is 3. The van der Waals surface area contributed by atoms with Gasteiger partial charge in [0, 0.05) is 5.56 Å². The van der Waals surface area contributed by atoms with Crippen molar-refractivity contribution in [2.24, 2.45) is 0 Å². The standard InChI is InChI=1S/C23H23N3O5/c1-4-8-16-9-5-6-11-20(16)31-23-25-14-24-22(26-23)30-19-12-7-10-17(15(19)2)18(13-29-3)21(27)28/h5-7,9-14H,4,8H2,1-3H3,(H,27,28)/b18-13+. The molecule has 160 valence electrons. The fourth-order valence-electron chi connectivity index (χ4n) is 3.01. The number of hydrogen-bond acceptors (Lipinski definition) is 7. The minimum absolute atomic E-state index is 0.0117. The molecule has 8 nitrogen and oxygen atoms in total. The molecule has 3 aromatic rings. The molecule has 1 heterocycles. The number of aryl methyl sites for hydroxylation is 1. The van der Waals surface area contributed by atoms with Crippen molar-refractivity contribution in [2.45, 2.75) is 26.7 Å². The Labute approximate surface area is 180 Å². The van der Waals surface area contributed by atoms with Crippen LogP contribution < -0.4 is 9.47 Å². The molecule has 0 bridgehead atoms. The minimum Gasteiger partial charge on any atom is -0.503 e. The Balaban J connectivity index is 1.86. The zero-order valence-electron chi connectivity index (χ0n) is 17.5. The van der Waals surface area contributed by atoms with E-state index in [-0.39, 0.29) is 17.6 Å². The Hall–Kier alpha value is -3.94. The van der Waals surface area contributed by atoms with Gasteiger partial charge in [-0.25, -0.2) is 4.79 Å². The molecule has 0 unspecified atom stereocenters. The summed E-state index contributed by atoms with van der Waals surface area (Å²) in [5.41, 5.74) is 2.13. The first-order valence-electron chi connectivity index (χ1n) is 9.72. The lowest BCUT2D eigenvalue weighted by Gasteiger charge is -2.12. The van der Waals surface area contributed by atoms with E-state index in [0.29, 0.717) is 22.6 Å². The smallest absolute Gasteiger partial charge is 0.339 e. The number of carbonyl (C=O) groups is 1. The summed E-state index contributed by atoms with van der Waals surface area (Å²) in [5, 5.41) is 9.46. The van der Waals surface area contributed by atoms with Gasteiger partial charge in [0.2, 0.25) is 0 Å². The number of para-hydroxylation sites is 1. The summed E-state index contributed by atoms with van der Waals surface area (Å²) in [6.45, 7) is 3.84. The minimum atomic E-state index is -1.11. The maximum Gasteiger partial charge on any atom is 0.339 e. The van der Waals surface area contributed by atoms with Gasteiger partial charge in [-0.3, -0.25) is 0 Å². The number of benzene rings is 2. The van der Waals surface area contributed by atoms with E-state index < -0.39 is 5.97 Å². The quantitative estimate of drug-likeness (QED) is 0.388. The summed E-state index contributed by atoms with van der Waals surface area (Å²) in [4.78, 5) is 23.9. The van der Waals surface area contributed by atoms with Gasteiger partial charge < -0.3 is 19.3 Å². The predicted octanol–water partition coefficient (Wildman–Crippen LogP) is 4.79. The molecule has 0 atom stereocenters. The lowest BCUT2D eigenvalue weighted by molar-refractivity contribution is -0.130. The molecule has 0 aliphatic carbocycles. The molecule has 1 N–H and O–H groups in total. The Morgan fingerprint density at radius 3 is 2.39 bits per heavy atom. The Bertz CT molecular complexity index is 1100. The van der Waals surface area contributed by atoms with Crippen molar-refractivity contribution in [2.75, 3.05) is 7.11 Å². The van der Waals surface area contributed by atoms with Crippen LogP contribution in [0.4, 0.5) is 0 Å². The highest BCUT2D eigenvalue weighted by Gasteiger charge is 2.17. The molecular formula is C23H23N3O5. The van der Waals surface area contributed by atoms with Crippen molar-refractivity contribution < 1.29 is 24.1 Å². The third kappa shape index (κ3) is 5.36. The number of methoxy groups -OCH3 is 1. The lowest BCUT2D eigenvalue weighted by atomic mass is 10.0. The largest absolute Gasteiger partial charge is 0.503 e. The summed E-state index contributed by atoms with van der Waals surface area (Å²) < 4.78 is 16.6. The maximum absolute atomic E-state index is 11.6. The van der Waals surface area contributed by atoms with E-state index in [2.05, 4.69) is 21.9 Å². The van der Waals surface area contributed by atoms with Gasteiger partial charge in [-0.1, -0.05) is 43.7 Å². The van der Waals surface area contributed by atoms with Gasteiger partial charge in [-0.05, 0) is 36.6 Å². The fourth-order valence-corrected chi connectivity index (χ4v) is 3.01. The fraction of sp³-hybridized carbons (Fsp3) is 0.217. The summed E-state index contributed by atoms with van der Waals surface area (Å²) in [6.07, 6.45) is 4.33. The zero-order valence-corrected chi connectivity index (χ0v) is 17.5. The van der Waals surface area contributed by atoms with Gasteiger partial charge in [0.05, 0.1) is 13.4 Å². The first kappa shape index (κ1) is 21.8. The van der Waals surface area contributed by atoms with Crippen LogP contribution >= 0.6 is 0 Å². The van der Waals surface area contributed by atoms with E-state index in [1.54, 1.807) is 25.1 Å². The second-order valence-electron chi connectivity index (χ2n) is 6.61. The van der Waals surface area contributed by atoms with Crippen molar-refractivity contribution >= 4 is 11.5 Å². The van der Waals surface area contributed by atoms with Gasteiger partial charge >= 0.3 is 18.0 Å². The third-order valence-corrected chi connectivity index (χ3v) is 4.46. The first-order chi connectivity index (χ1) is 15.0. The third-order valence-electron chi connectivity index (χ3n) is 4.46. The van der Waals surface area contributed by atoms with Crippen LogP contribution in [0.5, 0.6) is 23.5 Å². The summed E-state index contributed by atoms with van der Waals surface area (Å²) >= 11 is 0. The molecule has 0 amide bonds. The average molecular weight is 421 g/mol. The molecule has 8 heteroatoms. The Morgan fingerprint density at radius 2 is 1.71 bits per heavy atom. The summed E-state index contributed by atoms with van der Waals surface area (Å²) in [5.74, 6) is -0.0246. The SMILES string of the molecule is CCCc1ccccc1Oc1ncnc(Oc2cccc(/C(=C\OC)C(=O)O)c2C)n1. The Morgan fingerprint density at radius 1 is 1.03 bits per heavy atom. The molecule has 1 aromatic heterocycles. The van der Waals surface area contributed by atoms with E-state index in [0.717, 1.165) is 18.4 Å². The highest BCUT2D eigenvalue weighted by molar-refractivity contribution is 6.15. The van der Waals surface area contributed by atoms with E-state index >= 15 is 0 Å². The van der Waals surface area contributed by atoms with E-state index in [4.69, 9.17) is 14.2 Å². The molecule has 0 saturated carbocycles. The molecule has 0 aliphatic rings. The van der Waals surface area contributed by atoms with Crippen LogP contribution in [0.1, 0.15) is 30.0 Å². The molecule has 0 saturated heterocycles. The van der Waals surface area contributed by atoms with Crippen LogP contribution in [0.15, 0.2) is 55.1 Å². The highest BCUT2D eigenvalue weighted by Crippen LogP contribution is 2.30. The zero-order chi connectivity index (χ0) is 22.2. The van der Waals surface area contributed by atoms with Crippen LogP contribution in [-0.2, 0) is 16.0 Å². The van der Waals surface area contributed by atoms with Crippen LogP contribution in [-0.4, -0.2) is 33.1 Å². The average Bonchev–Trinajstić information content (AvgIpc) is 2.75. The summed E-state index contributed by atoms with van der Waals surface area (Å²) in [7, 11) is 1.39. The topological polar surface area (TPSA) is 104 Å². The van der Waals surface area contributed by atoms with Crippen LogP contribution in [0.2, 0.25) is 0 Å². The lowest BCUT2D eigenvalue weighted by Crippen LogP contribution is -2.04. The van der Waals surface area contributed by atoms with Gasteiger partial charge in [-0.2, -0.15) is 9.97 Å². The predicted molar refractivity (Wildman–Crippen MR) is 114 cm³/mol. The second kappa shape index (κ2) is 10.2. The molecule has 0 aliphatic heterocycles. The van der Waals surface area contributed by atoms with Crippen molar-refractivity contribution in [3.8, 4) is 23.5 Å². The highest BCUT2D eigenvalue weighted by atomic mass is 16.5. The molecular weight excluding hydrogens is 398 g/mol. The normalized spacial score (nSPS) is 11.1. The van der Waals surface area contributed by atoms with Crippen LogP contribution in [0, 0.1) is 6.92 Å². The number of carboxylic acids is 1. The van der Waals surface area contributed by atoms with Crippen molar-refractivity contribution in [3.05, 3.63) is 71.7 Å². The number of hydrogen-bond donors (Lipinski definition) is 1. The number of carboxylic acid groups (broad SMARTS) is 1. The molecule has 2 aromatic carbocycles. The van der Waals surface area contributed by atoms with E-state index in [1.165, 1.54) is 19.7 Å². The van der Waals surface area contributed by atoms with Crippen molar-refractivity contribution in [1.82, 2.24) is 15.0 Å². The van der Waals surface area contributed by atoms with Crippen molar-refractivity contribution in [1.29, 1.82) is 0 Å². The summed E-state index contributed by atoms with van der Waals surface area (Å²) in [6, 6.07) is 12.9. The molecule has 3 rings (SSSR count). The second-order valence-corrected chi connectivity index (χ2v) is 6.61. The molecule has 0 fully saturated rings. The maximum atomic E-state index is 11.6. The van der Waals surface area contributed by atoms with Gasteiger partial charge in [0.15, 0.2) is 0 Å². The Kier molecular flexibility index (Phi) is 7.16. The number of ether oxygens (including phenoxy) is 3. The molecule has 0 spiro atoms. The van der Waals surface area contributed by atoms with Gasteiger partial charge in [-0.15, -0.1) is 4.98 Å².